The summed E-state index contributed by atoms with van der Waals surface area (Å²) < 4.78 is 28.3. The first kappa shape index (κ1) is 43.8. The van der Waals surface area contributed by atoms with Gasteiger partial charge in [-0.2, -0.15) is 0 Å². The average Bonchev–Trinajstić information content (AvgIpc) is 3.09. The zero-order valence-corrected chi connectivity index (χ0v) is 32.5. The molecule has 0 saturated carbocycles. The summed E-state index contributed by atoms with van der Waals surface area (Å²) in [5.74, 6) is -0.770. The van der Waals surface area contributed by atoms with Gasteiger partial charge in [0, 0.05) is 39.5 Å². The molecule has 0 saturated heterocycles. The van der Waals surface area contributed by atoms with Crippen LogP contribution in [0.1, 0.15) is 78.9 Å². The highest BCUT2D eigenvalue weighted by atomic mass is 16.6. The molecule has 52 heavy (non-hydrogen) atoms. The Hall–Kier alpha value is -4.32. The largest absolute Gasteiger partial charge is 0.493 e. The summed E-state index contributed by atoms with van der Waals surface area (Å²) in [4.78, 5) is 51.5. The Morgan fingerprint density at radius 1 is 0.865 bits per heavy atom. The fourth-order valence-corrected chi connectivity index (χ4v) is 5.75. The van der Waals surface area contributed by atoms with Crippen molar-refractivity contribution in [2.45, 2.75) is 92.9 Å². The minimum atomic E-state index is -0.958. The number of esters is 1. The van der Waals surface area contributed by atoms with Gasteiger partial charge in [0.15, 0.2) is 11.5 Å². The molecule has 0 spiro atoms. The Morgan fingerprint density at radius 3 is 2.13 bits per heavy atom. The number of ether oxygens (including phenoxy) is 5. The van der Waals surface area contributed by atoms with Gasteiger partial charge in [-0.3, -0.25) is 14.4 Å². The monoisotopic (exact) mass is 727 g/mol. The second-order valence-corrected chi connectivity index (χ2v) is 14.6. The van der Waals surface area contributed by atoms with Crippen LogP contribution in [0.4, 0.5) is 4.79 Å². The third-order valence-electron chi connectivity index (χ3n) is 9.26. The molecule has 2 rings (SSSR count). The molecule has 0 aliphatic heterocycles. The van der Waals surface area contributed by atoms with Crippen LogP contribution in [0.25, 0.3) is 0 Å². The SMILES string of the molecule is COCCCOc1cc(C[C@@H](C[C@H](NC(=O)OCc2ccccc2)[C@H](C[C@H](C(=O)NCC(C)(C)C(N)=O)C(C)C)OC(C)=O)C(C)C)ccc1OC. The molecule has 2 aromatic carbocycles. The third-order valence-corrected chi connectivity index (χ3v) is 9.26. The number of carbonyl (C=O) groups is 4. The quantitative estimate of drug-likeness (QED) is 0.0944. The van der Waals surface area contributed by atoms with Crippen LogP contribution in [0.15, 0.2) is 48.5 Å². The Morgan fingerprint density at radius 2 is 1.56 bits per heavy atom. The fraction of sp³-hybridized carbons (Fsp3) is 0.600. The van der Waals surface area contributed by atoms with Gasteiger partial charge in [-0.1, -0.05) is 64.1 Å². The average molecular weight is 728 g/mol. The van der Waals surface area contributed by atoms with E-state index in [0.29, 0.717) is 37.6 Å². The van der Waals surface area contributed by atoms with E-state index in [1.807, 2.05) is 62.4 Å². The standard InChI is InChI=1S/C40H61N3O9/c1-26(2)31(20-30-16-17-34(49-9)36(21-30)50-19-13-18-48-8)22-33(43-39(47)51-24-29-14-11-10-12-15-29)35(52-28(5)44)23-32(27(3)4)37(45)42-25-40(6,7)38(41)46/h10-12,14-17,21,26-27,31-33,35H,13,18-20,22-25H2,1-9H3,(H2,41,46)(H,42,45)(H,43,47)/t31-,32-,33-,35-/m0/s1. The number of nitrogens with one attached hydrogen (secondary N) is 2. The molecule has 0 fully saturated rings. The first-order valence-electron chi connectivity index (χ1n) is 18.1. The van der Waals surface area contributed by atoms with Crippen LogP contribution >= 0.6 is 0 Å². The zero-order valence-electron chi connectivity index (χ0n) is 32.5. The molecule has 0 aliphatic rings. The molecule has 0 aromatic heterocycles. The van der Waals surface area contributed by atoms with Crippen LogP contribution in [0, 0.1) is 29.1 Å². The van der Waals surface area contributed by atoms with Crippen molar-refractivity contribution in [2.75, 3.05) is 34.0 Å². The molecule has 0 unspecified atom stereocenters. The van der Waals surface area contributed by atoms with Gasteiger partial charge in [-0.05, 0) is 74.1 Å². The Balaban J connectivity index is 2.44. The molecule has 12 nitrogen and oxygen atoms in total. The van der Waals surface area contributed by atoms with Gasteiger partial charge >= 0.3 is 12.1 Å². The van der Waals surface area contributed by atoms with E-state index in [0.717, 1.165) is 17.5 Å². The van der Waals surface area contributed by atoms with Crippen LogP contribution in [-0.2, 0) is 41.6 Å². The van der Waals surface area contributed by atoms with Crippen LogP contribution in [0.3, 0.4) is 0 Å². The minimum absolute atomic E-state index is 0.00471. The molecule has 4 N–H and O–H groups in total. The normalized spacial score (nSPS) is 13.8. The van der Waals surface area contributed by atoms with Gasteiger partial charge < -0.3 is 40.1 Å². The maximum atomic E-state index is 13.6. The lowest BCUT2D eigenvalue weighted by atomic mass is 9.80. The summed E-state index contributed by atoms with van der Waals surface area (Å²) in [5, 5.41) is 5.87. The van der Waals surface area contributed by atoms with Gasteiger partial charge in [0.1, 0.15) is 12.7 Å². The number of hydrogen-bond donors (Lipinski definition) is 3. The molecule has 3 amide bonds. The van der Waals surface area contributed by atoms with E-state index in [1.54, 1.807) is 28.1 Å². The molecule has 2 aromatic rings. The smallest absolute Gasteiger partial charge is 0.407 e. The number of carbonyl (C=O) groups excluding carboxylic acids is 4. The van der Waals surface area contributed by atoms with Crippen molar-refractivity contribution in [3.05, 3.63) is 59.7 Å². The lowest BCUT2D eigenvalue weighted by Crippen LogP contribution is -2.50. The van der Waals surface area contributed by atoms with Crippen molar-refractivity contribution in [1.82, 2.24) is 10.6 Å². The lowest BCUT2D eigenvalue weighted by molar-refractivity contribution is -0.151. The van der Waals surface area contributed by atoms with Crippen molar-refractivity contribution < 1.29 is 42.9 Å². The molecule has 0 bridgehead atoms. The zero-order chi connectivity index (χ0) is 38.8. The molecule has 0 heterocycles. The molecule has 0 radical (unpaired) electrons. The van der Waals surface area contributed by atoms with Gasteiger partial charge in [0.05, 0.1) is 25.2 Å². The number of alkyl carbamates (subject to hydrolysis) is 1. The van der Waals surface area contributed by atoms with Crippen LogP contribution in [0.2, 0.25) is 0 Å². The summed E-state index contributed by atoms with van der Waals surface area (Å²) in [5.41, 5.74) is 6.41. The summed E-state index contributed by atoms with van der Waals surface area (Å²) in [6, 6.07) is 14.4. The minimum Gasteiger partial charge on any atom is -0.493 e. The highest BCUT2D eigenvalue weighted by Gasteiger charge is 2.36. The number of methoxy groups -OCH3 is 2. The summed E-state index contributed by atoms with van der Waals surface area (Å²) >= 11 is 0. The van der Waals surface area contributed by atoms with E-state index in [4.69, 9.17) is 29.4 Å². The van der Waals surface area contributed by atoms with E-state index in [1.165, 1.54) is 6.92 Å². The number of amides is 3. The van der Waals surface area contributed by atoms with Crippen LogP contribution in [-0.4, -0.2) is 70.0 Å². The van der Waals surface area contributed by atoms with Crippen LogP contribution < -0.4 is 25.8 Å². The van der Waals surface area contributed by atoms with E-state index >= 15 is 0 Å². The number of benzene rings is 2. The molecular weight excluding hydrogens is 666 g/mol. The maximum Gasteiger partial charge on any atom is 0.407 e. The van der Waals surface area contributed by atoms with Gasteiger partial charge in [0.2, 0.25) is 11.8 Å². The van der Waals surface area contributed by atoms with Crippen LogP contribution in [0.5, 0.6) is 11.5 Å². The molecule has 4 atom stereocenters. The predicted octanol–water partition coefficient (Wildman–Crippen LogP) is 5.83. The van der Waals surface area contributed by atoms with Crippen molar-refractivity contribution >= 4 is 23.9 Å². The Labute approximate surface area is 309 Å². The second kappa shape index (κ2) is 21.9. The van der Waals surface area contributed by atoms with E-state index in [9.17, 15) is 19.2 Å². The van der Waals surface area contributed by atoms with Crippen molar-refractivity contribution in [2.24, 2.45) is 34.8 Å². The van der Waals surface area contributed by atoms with Gasteiger partial charge in [-0.15, -0.1) is 0 Å². The predicted molar refractivity (Wildman–Crippen MR) is 200 cm³/mol. The molecule has 290 valence electrons. The first-order chi connectivity index (χ1) is 24.6. The first-order valence-corrected chi connectivity index (χ1v) is 18.1. The molecule has 12 heteroatoms. The summed E-state index contributed by atoms with van der Waals surface area (Å²) in [6.45, 7) is 13.8. The van der Waals surface area contributed by atoms with Crippen molar-refractivity contribution in [3.63, 3.8) is 0 Å². The van der Waals surface area contributed by atoms with E-state index in [-0.39, 0.29) is 43.2 Å². The molecular formula is C40H61N3O9. The summed E-state index contributed by atoms with van der Waals surface area (Å²) in [7, 11) is 3.24. The fourth-order valence-electron chi connectivity index (χ4n) is 5.75. The van der Waals surface area contributed by atoms with E-state index < -0.39 is 41.4 Å². The molecule has 0 aliphatic carbocycles. The maximum absolute atomic E-state index is 13.6. The van der Waals surface area contributed by atoms with Crippen molar-refractivity contribution in [3.8, 4) is 11.5 Å². The number of primary amides is 1. The highest BCUT2D eigenvalue weighted by molar-refractivity contribution is 5.83. The van der Waals surface area contributed by atoms with Gasteiger partial charge in [-0.25, -0.2) is 4.79 Å². The highest BCUT2D eigenvalue weighted by Crippen LogP contribution is 2.33. The second-order valence-electron chi connectivity index (χ2n) is 14.6. The number of hydrogen-bond acceptors (Lipinski definition) is 9. The van der Waals surface area contributed by atoms with Gasteiger partial charge in [0.25, 0.3) is 0 Å². The van der Waals surface area contributed by atoms with Crippen molar-refractivity contribution in [1.29, 1.82) is 0 Å². The number of rotatable bonds is 23. The Kier molecular flexibility index (Phi) is 18.5. The number of nitrogens with two attached hydrogens (primary N) is 1. The third kappa shape index (κ3) is 15.1. The topological polar surface area (TPSA) is 165 Å². The summed E-state index contributed by atoms with van der Waals surface area (Å²) in [6.07, 6.45) is 0.335. The Bertz CT molecular complexity index is 1410. The van der Waals surface area contributed by atoms with E-state index in [2.05, 4.69) is 24.5 Å². The lowest BCUT2D eigenvalue weighted by Gasteiger charge is -2.34.